The highest BCUT2D eigenvalue weighted by Gasteiger charge is 2.27. The molecule has 0 aliphatic rings. The Kier molecular flexibility index (Phi) is 46.2. The molecule has 0 radical (unpaired) electrons. The highest BCUT2D eigenvalue weighted by molar-refractivity contribution is 7.47. The number of hydrogen-bond acceptors (Lipinski definition) is 5. The van der Waals surface area contributed by atoms with Crippen LogP contribution >= 0.6 is 7.82 Å². The molecule has 0 bridgehead atoms. The number of nitrogens with one attached hydrogen (secondary N) is 1. The number of allylic oxidation sites excluding steroid dienone is 17. The number of carbonyl (C=O) groups is 1. The molecular formula is C58H102N2O6P+. The first-order valence-corrected chi connectivity index (χ1v) is 28.3. The van der Waals surface area contributed by atoms with Gasteiger partial charge >= 0.3 is 7.82 Å². The Labute approximate surface area is 412 Å². The predicted molar refractivity (Wildman–Crippen MR) is 290 cm³/mol. The van der Waals surface area contributed by atoms with E-state index in [4.69, 9.17) is 9.05 Å². The van der Waals surface area contributed by atoms with Crippen molar-refractivity contribution < 1.29 is 32.9 Å². The van der Waals surface area contributed by atoms with Gasteiger partial charge in [-0.2, -0.15) is 0 Å². The first kappa shape index (κ1) is 64.2. The van der Waals surface area contributed by atoms with Gasteiger partial charge in [0.05, 0.1) is 39.9 Å². The second-order valence-electron chi connectivity index (χ2n) is 18.9. The zero-order valence-electron chi connectivity index (χ0n) is 43.6. The van der Waals surface area contributed by atoms with Gasteiger partial charge in [0.25, 0.3) is 0 Å². The molecule has 0 aromatic carbocycles. The van der Waals surface area contributed by atoms with Crippen molar-refractivity contribution in [2.24, 2.45) is 0 Å². The second-order valence-corrected chi connectivity index (χ2v) is 20.3. The van der Waals surface area contributed by atoms with Gasteiger partial charge in [-0.05, 0) is 89.9 Å². The standard InChI is InChI=1S/C58H101N2O6P/c1-6-8-10-12-14-16-18-20-21-22-23-24-25-26-27-28-29-30-31-32-33-34-35-36-37-38-39-40-42-44-46-48-50-52-58(62)59-56(55-66-67(63,64)65-54-53-60(3,4)5)57(61)51-49-47-45-43-41-19-17-15-13-11-9-7-2/h8,10,14,16,20-21,23-24,26-27,29-30,32-33,41,43,49,51,56-57,61H,6-7,9,11-13,15,17-19,22,25,28,31,34-40,42,44-48,50,52-55H2,1-5H3,(H-,59,62,63,64)/p+1/b10-8-,16-14-,21-20-,24-23-,27-26-,30-29-,33-32-,43-41+,51-49+. The number of rotatable bonds is 47. The van der Waals surface area contributed by atoms with Gasteiger partial charge in [0.15, 0.2) is 0 Å². The molecular weight excluding hydrogens is 852 g/mol. The highest BCUT2D eigenvalue weighted by Crippen LogP contribution is 2.43. The molecule has 0 saturated carbocycles. The van der Waals surface area contributed by atoms with Gasteiger partial charge in [-0.3, -0.25) is 13.8 Å². The summed E-state index contributed by atoms with van der Waals surface area (Å²) in [6.45, 7) is 4.64. The molecule has 0 spiro atoms. The van der Waals surface area contributed by atoms with Crippen LogP contribution in [0, 0.1) is 0 Å². The molecule has 1 amide bonds. The Morgan fingerprint density at radius 2 is 0.910 bits per heavy atom. The fourth-order valence-electron chi connectivity index (χ4n) is 7.04. The minimum Gasteiger partial charge on any atom is -0.387 e. The first-order valence-electron chi connectivity index (χ1n) is 26.8. The number of unbranched alkanes of at least 4 members (excludes halogenated alkanes) is 18. The summed E-state index contributed by atoms with van der Waals surface area (Å²) < 4.78 is 23.6. The van der Waals surface area contributed by atoms with Crippen molar-refractivity contribution in [2.75, 3.05) is 40.9 Å². The fraction of sp³-hybridized carbons (Fsp3) is 0.672. The van der Waals surface area contributed by atoms with Crippen molar-refractivity contribution in [3.05, 3.63) is 109 Å². The molecule has 3 unspecified atom stereocenters. The Balaban J connectivity index is 4.16. The molecule has 3 N–H and O–H groups in total. The van der Waals surface area contributed by atoms with E-state index < -0.39 is 20.0 Å². The molecule has 67 heavy (non-hydrogen) atoms. The van der Waals surface area contributed by atoms with Gasteiger partial charge in [0.2, 0.25) is 5.91 Å². The summed E-state index contributed by atoms with van der Waals surface area (Å²) in [5.74, 6) is -0.197. The molecule has 0 aliphatic carbocycles. The minimum atomic E-state index is -4.35. The number of phosphoric acid groups is 1. The minimum absolute atomic E-state index is 0.0505. The summed E-state index contributed by atoms with van der Waals surface area (Å²) >= 11 is 0. The molecule has 384 valence electrons. The summed E-state index contributed by atoms with van der Waals surface area (Å²) in [4.78, 5) is 23.2. The van der Waals surface area contributed by atoms with E-state index in [0.29, 0.717) is 17.4 Å². The molecule has 0 aromatic rings. The van der Waals surface area contributed by atoms with E-state index in [0.717, 1.165) is 83.5 Å². The lowest BCUT2D eigenvalue weighted by atomic mass is 10.0. The third kappa shape index (κ3) is 50.9. The average Bonchev–Trinajstić information content (AvgIpc) is 3.29. The molecule has 3 atom stereocenters. The monoisotopic (exact) mass is 954 g/mol. The van der Waals surface area contributed by atoms with Crippen molar-refractivity contribution in [3.63, 3.8) is 0 Å². The Bertz CT molecular complexity index is 1450. The van der Waals surface area contributed by atoms with Crippen LogP contribution in [0.4, 0.5) is 0 Å². The number of amides is 1. The number of carbonyl (C=O) groups excluding carboxylic acids is 1. The highest BCUT2D eigenvalue weighted by atomic mass is 31.2. The van der Waals surface area contributed by atoms with Gasteiger partial charge in [-0.15, -0.1) is 0 Å². The van der Waals surface area contributed by atoms with Gasteiger partial charge in [-0.25, -0.2) is 4.57 Å². The van der Waals surface area contributed by atoms with Gasteiger partial charge in [-0.1, -0.05) is 213 Å². The number of phosphoric ester groups is 1. The molecule has 0 aromatic heterocycles. The molecule has 0 saturated heterocycles. The van der Waals surface area contributed by atoms with Gasteiger partial charge in [0, 0.05) is 6.42 Å². The zero-order chi connectivity index (χ0) is 49.2. The van der Waals surface area contributed by atoms with E-state index in [9.17, 15) is 19.4 Å². The lowest BCUT2D eigenvalue weighted by Gasteiger charge is -2.25. The Morgan fingerprint density at radius 1 is 0.522 bits per heavy atom. The van der Waals surface area contributed by atoms with E-state index in [1.54, 1.807) is 6.08 Å². The third-order valence-corrected chi connectivity index (χ3v) is 12.2. The quantitative estimate of drug-likeness (QED) is 0.0243. The van der Waals surface area contributed by atoms with Crippen molar-refractivity contribution in [3.8, 4) is 0 Å². The molecule has 0 fully saturated rings. The van der Waals surface area contributed by atoms with Crippen LogP contribution in [-0.4, -0.2) is 73.4 Å². The van der Waals surface area contributed by atoms with Crippen LogP contribution in [0.15, 0.2) is 109 Å². The van der Waals surface area contributed by atoms with E-state index in [1.807, 2.05) is 27.2 Å². The molecule has 0 rings (SSSR count). The van der Waals surface area contributed by atoms with Gasteiger partial charge in [0.1, 0.15) is 13.2 Å². The van der Waals surface area contributed by atoms with Crippen molar-refractivity contribution in [2.45, 2.75) is 212 Å². The lowest BCUT2D eigenvalue weighted by Crippen LogP contribution is -2.45. The average molecular weight is 954 g/mol. The fourth-order valence-corrected chi connectivity index (χ4v) is 7.77. The predicted octanol–water partition coefficient (Wildman–Crippen LogP) is 16.0. The second kappa shape index (κ2) is 48.2. The summed E-state index contributed by atoms with van der Waals surface area (Å²) in [6, 6.07) is -0.870. The number of aliphatic hydroxyl groups excluding tert-OH is 1. The number of aliphatic hydroxyl groups is 1. The largest absolute Gasteiger partial charge is 0.472 e. The van der Waals surface area contributed by atoms with Crippen LogP contribution in [0.1, 0.15) is 200 Å². The van der Waals surface area contributed by atoms with Crippen LogP contribution in [0.5, 0.6) is 0 Å². The maximum Gasteiger partial charge on any atom is 0.472 e. The van der Waals surface area contributed by atoms with Crippen LogP contribution in [0.25, 0.3) is 0 Å². The number of quaternary nitrogens is 1. The lowest BCUT2D eigenvalue weighted by molar-refractivity contribution is -0.870. The molecule has 0 aliphatic heterocycles. The van der Waals surface area contributed by atoms with Crippen LogP contribution in [0.3, 0.4) is 0 Å². The van der Waals surface area contributed by atoms with E-state index in [-0.39, 0.29) is 19.1 Å². The number of likely N-dealkylation sites (N-methyl/N-ethyl adjacent to an activating group) is 1. The summed E-state index contributed by atoms with van der Waals surface area (Å²) in [7, 11) is 1.54. The number of nitrogens with zero attached hydrogens (tertiary/aromatic N) is 1. The smallest absolute Gasteiger partial charge is 0.387 e. The molecule has 8 nitrogen and oxygen atoms in total. The Hall–Kier alpha value is -2.84. The topological polar surface area (TPSA) is 105 Å². The van der Waals surface area contributed by atoms with E-state index >= 15 is 0 Å². The Morgan fingerprint density at radius 3 is 1.37 bits per heavy atom. The van der Waals surface area contributed by atoms with Crippen molar-refractivity contribution in [1.29, 1.82) is 0 Å². The van der Waals surface area contributed by atoms with Gasteiger partial charge < -0.3 is 19.8 Å². The van der Waals surface area contributed by atoms with Crippen LogP contribution in [0.2, 0.25) is 0 Å². The maximum atomic E-state index is 12.9. The molecule has 0 heterocycles. The first-order chi connectivity index (χ1) is 32.5. The number of hydrogen-bond donors (Lipinski definition) is 3. The van der Waals surface area contributed by atoms with Crippen LogP contribution in [-0.2, 0) is 18.4 Å². The summed E-state index contributed by atoms with van der Waals surface area (Å²) in [5, 5.41) is 13.8. The summed E-state index contributed by atoms with van der Waals surface area (Å²) in [5.41, 5.74) is 0. The van der Waals surface area contributed by atoms with Crippen molar-refractivity contribution in [1.82, 2.24) is 5.32 Å². The maximum absolute atomic E-state index is 12.9. The third-order valence-electron chi connectivity index (χ3n) is 11.2. The van der Waals surface area contributed by atoms with E-state index in [2.05, 4.69) is 116 Å². The summed E-state index contributed by atoms with van der Waals surface area (Å²) in [6.07, 6.45) is 70.4. The van der Waals surface area contributed by atoms with E-state index in [1.165, 1.54) is 96.3 Å². The molecule has 9 heteroatoms. The van der Waals surface area contributed by atoms with Crippen molar-refractivity contribution >= 4 is 13.7 Å². The van der Waals surface area contributed by atoms with Crippen LogP contribution < -0.4 is 5.32 Å². The SMILES string of the molecule is CC/C=C\C/C=C\C/C=C\C/C=C\C/C=C\C/C=C\C/C=C\CCCCCCCCCCCCCC(=O)NC(COP(=O)(O)OCC[N+](C)(C)C)C(O)/C=C/CC/C=C/CCCCCCCC. The zero-order valence-corrected chi connectivity index (χ0v) is 44.5. The normalized spacial score (nSPS) is 14.9.